The molecule has 0 saturated heterocycles. The third-order valence-corrected chi connectivity index (χ3v) is 2.39. The van der Waals surface area contributed by atoms with Crippen molar-refractivity contribution in [1.82, 2.24) is 5.32 Å². The molecule has 1 aliphatic heterocycles. The summed E-state index contributed by atoms with van der Waals surface area (Å²) < 4.78 is 0. The zero-order valence-corrected chi connectivity index (χ0v) is 10.0. The van der Waals surface area contributed by atoms with Gasteiger partial charge in [0.2, 0.25) is 11.9 Å². The zero-order chi connectivity index (χ0) is 13.0. The summed E-state index contributed by atoms with van der Waals surface area (Å²) in [6.45, 7) is 1.73. The van der Waals surface area contributed by atoms with E-state index in [-0.39, 0.29) is 30.6 Å². The van der Waals surface area contributed by atoms with E-state index < -0.39 is 0 Å². The average molecular weight is 243 g/mol. The van der Waals surface area contributed by atoms with Crippen LogP contribution in [-0.4, -0.2) is 23.5 Å². The van der Waals surface area contributed by atoms with Crippen LogP contribution < -0.4 is 5.32 Å². The number of hydrogen-bond acceptors (Lipinski definition) is 2. The lowest BCUT2D eigenvalue weighted by Gasteiger charge is -2.10. The van der Waals surface area contributed by atoms with E-state index in [1.165, 1.54) is 0 Å². The van der Waals surface area contributed by atoms with Crippen molar-refractivity contribution in [3.63, 3.8) is 0 Å². The Morgan fingerprint density at radius 1 is 1.39 bits per heavy atom. The van der Waals surface area contributed by atoms with E-state index in [2.05, 4.69) is 15.3 Å². The lowest BCUT2D eigenvalue weighted by molar-refractivity contribution is -0.118. The van der Waals surface area contributed by atoms with Crippen molar-refractivity contribution in [2.75, 3.05) is 0 Å². The number of carbonyl (C=O) groups excluding carboxylic acids is 2. The molecule has 0 bridgehead atoms. The van der Waals surface area contributed by atoms with Crippen LogP contribution in [0, 0.1) is 0 Å². The first kappa shape index (κ1) is 12.2. The van der Waals surface area contributed by atoms with Gasteiger partial charge >= 0.3 is 0 Å². The molecule has 0 saturated carbocycles. The number of hydrogen-bond donors (Lipinski definition) is 1. The zero-order valence-electron chi connectivity index (χ0n) is 10.0. The van der Waals surface area contributed by atoms with Gasteiger partial charge in [0, 0.05) is 5.71 Å². The first-order valence-electron chi connectivity index (χ1n) is 5.63. The Morgan fingerprint density at radius 2 is 2.11 bits per heavy atom. The summed E-state index contributed by atoms with van der Waals surface area (Å²) in [5.41, 5.74) is 1.54. The minimum Gasteiger partial charge on any atom is -0.294 e. The Balaban J connectivity index is 2.07. The minimum atomic E-state index is -0.324. The van der Waals surface area contributed by atoms with Gasteiger partial charge in [-0.2, -0.15) is 4.99 Å². The van der Waals surface area contributed by atoms with Gasteiger partial charge in [0.25, 0.3) is 5.91 Å². The molecule has 1 heterocycles. The van der Waals surface area contributed by atoms with Gasteiger partial charge in [-0.25, -0.2) is 4.99 Å². The summed E-state index contributed by atoms with van der Waals surface area (Å²) in [4.78, 5) is 30.7. The molecule has 1 aliphatic rings. The third-order valence-electron chi connectivity index (χ3n) is 2.39. The molecular formula is C13H13N3O2. The van der Waals surface area contributed by atoms with E-state index in [0.29, 0.717) is 5.71 Å². The Bertz CT molecular complexity index is 532. The van der Waals surface area contributed by atoms with Crippen LogP contribution in [0.3, 0.4) is 0 Å². The predicted octanol–water partition coefficient (Wildman–Crippen LogP) is 1.09. The van der Waals surface area contributed by atoms with E-state index >= 15 is 0 Å². The van der Waals surface area contributed by atoms with Gasteiger partial charge in [-0.1, -0.05) is 30.3 Å². The summed E-state index contributed by atoms with van der Waals surface area (Å²) in [5, 5.41) is 2.47. The Labute approximate surface area is 105 Å². The molecule has 0 unspecified atom stereocenters. The van der Waals surface area contributed by atoms with E-state index in [0.717, 1.165) is 5.56 Å². The highest BCUT2D eigenvalue weighted by atomic mass is 16.2. The fraction of sp³-hybridized carbons (Fsp3) is 0.231. The number of nitrogens with zero attached hydrogens (tertiary/aromatic N) is 2. The van der Waals surface area contributed by atoms with E-state index in [4.69, 9.17) is 0 Å². The summed E-state index contributed by atoms with van der Waals surface area (Å²) in [6.07, 6.45) is 0.459. The van der Waals surface area contributed by atoms with Crippen LogP contribution in [-0.2, 0) is 16.0 Å². The van der Waals surface area contributed by atoms with Crippen molar-refractivity contribution in [2.45, 2.75) is 19.8 Å². The fourth-order valence-electron chi connectivity index (χ4n) is 1.63. The largest absolute Gasteiger partial charge is 0.294 e. The molecule has 0 radical (unpaired) electrons. The highest BCUT2D eigenvalue weighted by Crippen LogP contribution is 2.02. The second-order valence-corrected chi connectivity index (χ2v) is 4.06. The van der Waals surface area contributed by atoms with Crippen LogP contribution in [0.1, 0.15) is 18.9 Å². The Morgan fingerprint density at radius 3 is 2.78 bits per heavy atom. The molecule has 5 heteroatoms. The van der Waals surface area contributed by atoms with Crippen LogP contribution in [0.5, 0.6) is 0 Å². The van der Waals surface area contributed by atoms with Gasteiger partial charge in [-0.3, -0.25) is 14.9 Å². The molecule has 92 valence electrons. The molecule has 0 aliphatic carbocycles. The highest BCUT2D eigenvalue weighted by molar-refractivity contribution is 6.16. The van der Waals surface area contributed by atoms with Gasteiger partial charge in [0.05, 0.1) is 12.8 Å². The number of amides is 2. The summed E-state index contributed by atoms with van der Waals surface area (Å²) >= 11 is 0. The van der Waals surface area contributed by atoms with Crippen LogP contribution in [0.2, 0.25) is 0 Å². The second-order valence-electron chi connectivity index (χ2n) is 4.06. The average Bonchev–Trinajstić information content (AvgIpc) is 2.28. The van der Waals surface area contributed by atoms with Gasteiger partial charge in [0.1, 0.15) is 0 Å². The normalized spacial score (nSPS) is 17.3. The Kier molecular flexibility index (Phi) is 3.62. The van der Waals surface area contributed by atoms with Gasteiger partial charge < -0.3 is 0 Å². The number of aliphatic imine (C=N–C) groups is 2. The molecule has 1 N–H and O–H groups in total. The second kappa shape index (κ2) is 5.35. The van der Waals surface area contributed by atoms with E-state index in [1.54, 1.807) is 6.92 Å². The number of rotatable bonds is 2. The first-order chi connectivity index (χ1) is 8.63. The number of benzene rings is 1. The third kappa shape index (κ3) is 3.35. The molecular weight excluding hydrogens is 230 g/mol. The molecule has 0 atom stereocenters. The van der Waals surface area contributed by atoms with Crippen LogP contribution in [0.25, 0.3) is 0 Å². The summed E-state index contributed by atoms with van der Waals surface area (Å²) in [7, 11) is 0. The lowest BCUT2D eigenvalue weighted by atomic mass is 10.1. The van der Waals surface area contributed by atoms with Crippen molar-refractivity contribution in [3.05, 3.63) is 35.9 Å². The van der Waals surface area contributed by atoms with Crippen LogP contribution in [0.4, 0.5) is 0 Å². The standard InChI is InChI=1S/C13H13N3O2/c1-9-7-11(17)15-13(14-9)16-12(18)8-10-5-3-2-4-6-10/h2-6H,7-8H2,1H3,(H,15,16,17,18). The molecule has 2 amide bonds. The Hall–Kier alpha value is -2.30. The summed E-state index contributed by atoms with van der Waals surface area (Å²) in [6, 6.07) is 9.31. The van der Waals surface area contributed by atoms with Crippen molar-refractivity contribution in [2.24, 2.45) is 9.98 Å². The van der Waals surface area contributed by atoms with Crippen molar-refractivity contribution in [1.29, 1.82) is 0 Å². The molecule has 0 fully saturated rings. The van der Waals surface area contributed by atoms with Gasteiger partial charge in [0.15, 0.2) is 0 Å². The fourth-order valence-corrected chi connectivity index (χ4v) is 1.63. The lowest BCUT2D eigenvalue weighted by Crippen LogP contribution is -2.36. The number of guanidine groups is 1. The van der Waals surface area contributed by atoms with E-state index in [1.807, 2.05) is 30.3 Å². The maximum absolute atomic E-state index is 11.7. The van der Waals surface area contributed by atoms with Crippen molar-refractivity contribution in [3.8, 4) is 0 Å². The molecule has 1 aromatic carbocycles. The molecule has 18 heavy (non-hydrogen) atoms. The molecule has 5 nitrogen and oxygen atoms in total. The molecule has 0 spiro atoms. The minimum absolute atomic E-state index is 0.0877. The summed E-state index contributed by atoms with van der Waals surface area (Å²) in [5.74, 6) is -0.423. The quantitative estimate of drug-likeness (QED) is 0.844. The van der Waals surface area contributed by atoms with Crippen LogP contribution in [0.15, 0.2) is 40.3 Å². The number of nitrogens with one attached hydrogen (secondary N) is 1. The monoisotopic (exact) mass is 243 g/mol. The topological polar surface area (TPSA) is 70.9 Å². The molecule has 0 aromatic heterocycles. The molecule has 2 rings (SSSR count). The SMILES string of the molecule is CC1=NC(=NC(=O)Cc2ccccc2)NC(=O)C1. The smallest absolute Gasteiger partial charge is 0.253 e. The van der Waals surface area contributed by atoms with Crippen LogP contribution >= 0.6 is 0 Å². The van der Waals surface area contributed by atoms with Crippen molar-refractivity contribution < 1.29 is 9.59 Å². The van der Waals surface area contributed by atoms with Gasteiger partial charge in [-0.05, 0) is 12.5 Å². The highest BCUT2D eigenvalue weighted by Gasteiger charge is 2.14. The van der Waals surface area contributed by atoms with E-state index in [9.17, 15) is 9.59 Å². The molecule has 1 aromatic rings. The maximum Gasteiger partial charge on any atom is 0.253 e. The van der Waals surface area contributed by atoms with Crippen molar-refractivity contribution >= 4 is 23.5 Å². The first-order valence-corrected chi connectivity index (χ1v) is 5.63. The number of carbonyl (C=O) groups is 2. The predicted molar refractivity (Wildman–Crippen MR) is 68.5 cm³/mol. The van der Waals surface area contributed by atoms with Gasteiger partial charge in [-0.15, -0.1) is 0 Å². The maximum atomic E-state index is 11.7.